The largest absolute Gasteiger partial charge is 0.331 e. The highest BCUT2D eigenvalue weighted by Crippen LogP contribution is 2.33. The molecule has 1 aromatic carbocycles. The predicted molar refractivity (Wildman–Crippen MR) is 92.6 cm³/mol. The highest BCUT2D eigenvalue weighted by Gasteiger charge is 2.36. The molecule has 0 spiro atoms. The summed E-state index contributed by atoms with van der Waals surface area (Å²) in [5.41, 5.74) is 3.01. The summed E-state index contributed by atoms with van der Waals surface area (Å²) in [6, 6.07) is 11.7. The van der Waals surface area contributed by atoms with E-state index in [4.69, 9.17) is 0 Å². The molecule has 1 fully saturated rings. The molecule has 5 nitrogen and oxygen atoms in total. The molecule has 1 aliphatic heterocycles. The number of hydrogen-bond acceptors (Lipinski definition) is 3. The minimum atomic E-state index is -0.611. The number of anilines is 1. The number of nitrogens with zero attached hydrogens (tertiary/aromatic N) is 2. The first-order valence-corrected chi connectivity index (χ1v) is 8.13. The van der Waals surface area contributed by atoms with Gasteiger partial charge in [0.15, 0.2) is 0 Å². The van der Waals surface area contributed by atoms with E-state index in [-0.39, 0.29) is 12.0 Å². The second-order valence-electron chi connectivity index (χ2n) is 6.29. The number of pyridine rings is 1. The van der Waals surface area contributed by atoms with Gasteiger partial charge in [-0.15, -0.1) is 0 Å². The Labute approximate surface area is 141 Å². The maximum absolute atomic E-state index is 12.5. The van der Waals surface area contributed by atoms with Gasteiger partial charge in [-0.1, -0.05) is 24.3 Å². The molecule has 24 heavy (non-hydrogen) atoms. The van der Waals surface area contributed by atoms with Crippen molar-refractivity contribution < 1.29 is 9.59 Å². The highest BCUT2D eigenvalue weighted by atomic mass is 16.2. The second kappa shape index (κ2) is 6.83. The number of likely N-dealkylation sites (tertiary alicyclic amines) is 1. The number of hydrogen-bond donors (Lipinski definition) is 1. The van der Waals surface area contributed by atoms with Crippen molar-refractivity contribution in [3.05, 3.63) is 59.9 Å². The quantitative estimate of drug-likeness (QED) is 0.864. The van der Waals surface area contributed by atoms with E-state index in [1.165, 1.54) is 17.3 Å². The third kappa shape index (κ3) is 3.30. The Bertz CT molecular complexity index is 745. The zero-order valence-electron chi connectivity index (χ0n) is 13.9. The van der Waals surface area contributed by atoms with E-state index in [9.17, 15) is 9.59 Å². The SMILES string of the molecule is Cc1ccccc1[C@@H]1C[C@@H](C)N(C(=O)C(=O)Nc2cccnc2)C1. The number of aryl methyl sites for hydroxylation is 1. The molecular weight excluding hydrogens is 302 g/mol. The number of benzene rings is 1. The third-order valence-corrected chi connectivity index (χ3v) is 4.58. The van der Waals surface area contributed by atoms with Crippen LogP contribution in [0.15, 0.2) is 48.8 Å². The first-order chi connectivity index (χ1) is 11.6. The molecule has 5 heteroatoms. The Kier molecular flexibility index (Phi) is 4.60. The van der Waals surface area contributed by atoms with Gasteiger partial charge >= 0.3 is 11.8 Å². The molecule has 1 aromatic heterocycles. The summed E-state index contributed by atoms with van der Waals surface area (Å²) in [4.78, 5) is 30.3. The van der Waals surface area contributed by atoms with Crippen LogP contribution in [0.4, 0.5) is 5.69 Å². The van der Waals surface area contributed by atoms with E-state index >= 15 is 0 Å². The molecule has 2 amide bonds. The van der Waals surface area contributed by atoms with Crippen molar-refractivity contribution in [3.8, 4) is 0 Å². The van der Waals surface area contributed by atoms with Crippen LogP contribution >= 0.6 is 0 Å². The van der Waals surface area contributed by atoms with Gasteiger partial charge in [-0.25, -0.2) is 0 Å². The average molecular weight is 323 g/mol. The molecule has 0 unspecified atom stereocenters. The van der Waals surface area contributed by atoms with Crippen LogP contribution in [0.1, 0.15) is 30.4 Å². The summed E-state index contributed by atoms with van der Waals surface area (Å²) >= 11 is 0. The maximum Gasteiger partial charge on any atom is 0.313 e. The van der Waals surface area contributed by atoms with Crippen molar-refractivity contribution >= 4 is 17.5 Å². The Hall–Kier alpha value is -2.69. The van der Waals surface area contributed by atoms with Crippen molar-refractivity contribution in [1.82, 2.24) is 9.88 Å². The first-order valence-electron chi connectivity index (χ1n) is 8.13. The molecule has 0 aliphatic carbocycles. The number of carbonyl (C=O) groups is 2. The number of amides is 2. The van der Waals surface area contributed by atoms with Gasteiger partial charge < -0.3 is 10.2 Å². The fourth-order valence-electron chi connectivity index (χ4n) is 3.34. The lowest BCUT2D eigenvalue weighted by molar-refractivity contribution is -0.143. The van der Waals surface area contributed by atoms with Crippen LogP contribution < -0.4 is 5.32 Å². The van der Waals surface area contributed by atoms with Crippen LogP contribution in [-0.4, -0.2) is 34.3 Å². The number of rotatable bonds is 2. The standard InChI is InChI=1S/C19H21N3O2/c1-13-6-3-4-8-17(13)15-10-14(2)22(12-15)19(24)18(23)21-16-7-5-9-20-11-16/h3-9,11,14-15H,10,12H2,1-2H3,(H,21,23)/t14-,15-/m1/s1. The Morgan fingerprint density at radius 1 is 1.21 bits per heavy atom. The molecule has 0 radical (unpaired) electrons. The normalized spacial score (nSPS) is 20.0. The smallest absolute Gasteiger partial charge is 0.313 e. The maximum atomic E-state index is 12.5. The lowest BCUT2D eigenvalue weighted by atomic mass is 9.93. The number of nitrogens with one attached hydrogen (secondary N) is 1. The molecule has 1 N–H and O–H groups in total. The molecule has 0 saturated carbocycles. The van der Waals surface area contributed by atoms with Crippen molar-refractivity contribution in [2.45, 2.75) is 32.2 Å². The molecule has 1 aliphatic rings. The fourth-order valence-corrected chi connectivity index (χ4v) is 3.34. The van der Waals surface area contributed by atoms with Crippen LogP contribution in [0.5, 0.6) is 0 Å². The van der Waals surface area contributed by atoms with Crippen LogP contribution in [0, 0.1) is 6.92 Å². The molecular formula is C19H21N3O2. The first kappa shape index (κ1) is 16.2. The van der Waals surface area contributed by atoms with Gasteiger partial charge in [0.2, 0.25) is 0 Å². The van der Waals surface area contributed by atoms with Crippen molar-refractivity contribution in [2.24, 2.45) is 0 Å². The molecule has 1 saturated heterocycles. The van der Waals surface area contributed by atoms with Crippen LogP contribution in [0.2, 0.25) is 0 Å². The van der Waals surface area contributed by atoms with E-state index in [1.54, 1.807) is 23.2 Å². The van der Waals surface area contributed by atoms with Crippen LogP contribution in [0.3, 0.4) is 0 Å². The van der Waals surface area contributed by atoms with Crippen molar-refractivity contribution in [1.29, 1.82) is 0 Å². The van der Waals surface area contributed by atoms with E-state index in [0.717, 1.165) is 6.42 Å². The molecule has 3 rings (SSSR count). The summed E-state index contributed by atoms with van der Waals surface area (Å²) in [7, 11) is 0. The summed E-state index contributed by atoms with van der Waals surface area (Å²) < 4.78 is 0. The Balaban J connectivity index is 1.69. The average Bonchev–Trinajstić information content (AvgIpc) is 2.97. The summed E-state index contributed by atoms with van der Waals surface area (Å²) in [5, 5.41) is 2.61. The second-order valence-corrected chi connectivity index (χ2v) is 6.29. The zero-order chi connectivity index (χ0) is 17.1. The highest BCUT2D eigenvalue weighted by molar-refractivity contribution is 6.39. The number of aromatic nitrogens is 1. The summed E-state index contributed by atoms with van der Waals surface area (Å²) in [5.74, 6) is -0.820. The van der Waals surface area contributed by atoms with Crippen LogP contribution in [0.25, 0.3) is 0 Å². The van der Waals surface area contributed by atoms with Gasteiger partial charge in [-0.05, 0) is 43.5 Å². The van der Waals surface area contributed by atoms with Crippen molar-refractivity contribution in [2.75, 3.05) is 11.9 Å². The van der Waals surface area contributed by atoms with Crippen molar-refractivity contribution in [3.63, 3.8) is 0 Å². The van der Waals surface area contributed by atoms with E-state index in [0.29, 0.717) is 12.2 Å². The van der Waals surface area contributed by atoms with E-state index in [1.807, 2.05) is 19.1 Å². The van der Waals surface area contributed by atoms with Crippen LogP contribution in [-0.2, 0) is 9.59 Å². The topological polar surface area (TPSA) is 62.3 Å². The Morgan fingerprint density at radius 3 is 2.71 bits per heavy atom. The van der Waals surface area contributed by atoms with Gasteiger partial charge in [-0.3, -0.25) is 14.6 Å². The minimum Gasteiger partial charge on any atom is -0.331 e. The summed E-state index contributed by atoms with van der Waals surface area (Å²) in [6.45, 7) is 4.65. The fraction of sp³-hybridized carbons (Fsp3) is 0.316. The lowest BCUT2D eigenvalue weighted by Gasteiger charge is -2.20. The lowest BCUT2D eigenvalue weighted by Crippen LogP contribution is -2.41. The minimum absolute atomic E-state index is 0.0433. The van der Waals surface area contributed by atoms with E-state index < -0.39 is 11.8 Å². The summed E-state index contributed by atoms with van der Waals surface area (Å²) in [6.07, 6.45) is 4.01. The molecule has 2 atom stereocenters. The van der Waals surface area contributed by atoms with Gasteiger partial charge in [0.05, 0.1) is 11.9 Å². The molecule has 2 heterocycles. The predicted octanol–water partition coefficient (Wildman–Crippen LogP) is 2.73. The number of carbonyl (C=O) groups excluding carboxylic acids is 2. The molecule has 0 bridgehead atoms. The van der Waals surface area contributed by atoms with Gasteiger partial charge in [0, 0.05) is 24.7 Å². The van der Waals surface area contributed by atoms with Gasteiger partial charge in [0.25, 0.3) is 0 Å². The molecule has 124 valence electrons. The van der Waals surface area contributed by atoms with E-state index in [2.05, 4.69) is 29.4 Å². The Morgan fingerprint density at radius 2 is 2.00 bits per heavy atom. The molecule has 2 aromatic rings. The van der Waals surface area contributed by atoms with Gasteiger partial charge in [-0.2, -0.15) is 0 Å². The zero-order valence-corrected chi connectivity index (χ0v) is 13.9. The van der Waals surface area contributed by atoms with Gasteiger partial charge in [0.1, 0.15) is 0 Å². The monoisotopic (exact) mass is 323 g/mol. The third-order valence-electron chi connectivity index (χ3n) is 4.58.